The molecule has 0 heterocycles. The number of nitrogens with zero attached hydrogens (tertiary/aromatic N) is 2. The lowest BCUT2D eigenvalue weighted by Gasteiger charge is -2.34. The highest BCUT2D eigenvalue weighted by atomic mass is 35.5. The fourth-order valence-electron chi connectivity index (χ4n) is 5.94. The van der Waals surface area contributed by atoms with E-state index in [4.69, 9.17) is 21.1 Å². The molecule has 11 heteroatoms. The Balaban J connectivity index is 1.57. The molecule has 0 spiro atoms. The number of carbonyl (C=O) groups is 2. The van der Waals surface area contributed by atoms with E-state index in [0.29, 0.717) is 10.8 Å². The molecule has 1 aliphatic carbocycles. The fraction of sp³-hybridized carbons (Fsp3) is 0.297. The molecule has 2 amide bonds. The molecule has 1 aliphatic rings. The van der Waals surface area contributed by atoms with Gasteiger partial charge in [0.2, 0.25) is 11.8 Å². The van der Waals surface area contributed by atoms with Crippen LogP contribution >= 0.6 is 11.6 Å². The van der Waals surface area contributed by atoms with E-state index in [0.717, 1.165) is 41.1 Å². The van der Waals surface area contributed by atoms with E-state index in [1.807, 2.05) is 60.7 Å². The van der Waals surface area contributed by atoms with Gasteiger partial charge >= 0.3 is 0 Å². The highest BCUT2D eigenvalue weighted by molar-refractivity contribution is 7.92. The number of sulfonamides is 1. The average Bonchev–Trinajstić information content (AvgIpc) is 3.62. The van der Waals surface area contributed by atoms with Crippen molar-refractivity contribution in [1.82, 2.24) is 10.2 Å². The van der Waals surface area contributed by atoms with Crippen LogP contribution in [0.1, 0.15) is 36.8 Å². The molecule has 1 N–H and O–H groups in total. The highest BCUT2D eigenvalue weighted by Crippen LogP contribution is 2.33. The molecule has 9 nitrogen and oxygen atoms in total. The van der Waals surface area contributed by atoms with Gasteiger partial charge in [-0.3, -0.25) is 13.9 Å². The normalized spacial score (nSPS) is 13.8. The second-order valence-corrected chi connectivity index (χ2v) is 14.0. The second-order valence-electron chi connectivity index (χ2n) is 11.7. The third-order valence-electron chi connectivity index (χ3n) is 8.50. The van der Waals surface area contributed by atoms with Crippen molar-refractivity contribution in [3.05, 3.63) is 119 Å². The second kappa shape index (κ2) is 16.0. The molecule has 1 saturated carbocycles. The van der Waals surface area contributed by atoms with E-state index in [1.165, 1.54) is 37.3 Å². The maximum absolute atomic E-state index is 14.6. The number of nitrogens with one attached hydrogen (secondary N) is 1. The van der Waals surface area contributed by atoms with Crippen molar-refractivity contribution < 1.29 is 27.5 Å². The van der Waals surface area contributed by atoms with Gasteiger partial charge in [0.05, 0.1) is 24.8 Å². The van der Waals surface area contributed by atoms with Gasteiger partial charge in [-0.25, -0.2) is 8.42 Å². The Morgan fingerprint density at radius 3 is 2.04 bits per heavy atom. The van der Waals surface area contributed by atoms with Gasteiger partial charge in [0.15, 0.2) is 11.5 Å². The number of carbonyl (C=O) groups excluding carboxylic acids is 2. The monoisotopic (exact) mass is 689 g/mol. The predicted octanol–water partition coefficient (Wildman–Crippen LogP) is 6.25. The molecule has 0 saturated heterocycles. The quantitative estimate of drug-likeness (QED) is 0.168. The Labute approximate surface area is 287 Å². The van der Waals surface area contributed by atoms with Crippen LogP contribution in [0.2, 0.25) is 5.02 Å². The van der Waals surface area contributed by atoms with Gasteiger partial charge in [-0.05, 0) is 60.4 Å². The van der Waals surface area contributed by atoms with Crippen LogP contribution in [0, 0.1) is 0 Å². The number of benzene rings is 4. The third-order valence-corrected chi connectivity index (χ3v) is 10.5. The van der Waals surface area contributed by atoms with Crippen LogP contribution in [-0.2, 0) is 32.6 Å². The van der Waals surface area contributed by atoms with E-state index in [2.05, 4.69) is 5.32 Å². The number of rotatable bonds is 14. The number of anilines is 1. The SMILES string of the molecule is COc1ccc(S(=O)(=O)N(CC(=O)N(Cc2ccccc2)[C@@H](Cc2ccccc2)C(=O)NC2CCCC2)c2ccc(Cl)cc2)cc1OC. The van der Waals surface area contributed by atoms with E-state index in [-0.39, 0.29) is 41.2 Å². The number of ether oxygens (including phenoxy) is 2. The van der Waals surface area contributed by atoms with Crippen LogP contribution in [0.3, 0.4) is 0 Å². The lowest BCUT2D eigenvalue weighted by molar-refractivity contribution is -0.140. The number of hydrogen-bond donors (Lipinski definition) is 1. The minimum Gasteiger partial charge on any atom is -0.493 e. The first-order valence-electron chi connectivity index (χ1n) is 15.9. The number of amides is 2. The minimum atomic E-state index is -4.34. The summed E-state index contributed by atoms with van der Waals surface area (Å²) in [5.74, 6) is -0.231. The molecule has 0 bridgehead atoms. The maximum atomic E-state index is 14.6. The zero-order chi connectivity index (χ0) is 34.1. The molecule has 1 fully saturated rings. The Hall–Kier alpha value is -4.54. The van der Waals surface area contributed by atoms with Gasteiger partial charge in [0.25, 0.3) is 10.0 Å². The van der Waals surface area contributed by atoms with Crippen LogP contribution in [0.15, 0.2) is 108 Å². The van der Waals surface area contributed by atoms with Crippen molar-refractivity contribution in [2.75, 3.05) is 25.1 Å². The van der Waals surface area contributed by atoms with Crippen LogP contribution in [0.4, 0.5) is 5.69 Å². The zero-order valence-corrected chi connectivity index (χ0v) is 28.6. The molecule has 252 valence electrons. The molecule has 0 aliphatic heterocycles. The van der Waals surface area contributed by atoms with Crippen molar-refractivity contribution in [2.24, 2.45) is 0 Å². The van der Waals surface area contributed by atoms with Crippen molar-refractivity contribution in [3.8, 4) is 11.5 Å². The van der Waals surface area contributed by atoms with Crippen molar-refractivity contribution in [3.63, 3.8) is 0 Å². The standard InChI is InChI=1S/C37H40ClN3O6S/c1-46-34-22-21-32(24-35(34)47-2)48(44,45)41(31-19-17-29(38)18-20-31)26-36(42)40(25-28-13-7-4-8-14-28)33(23-27-11-5-3-6-12-27)37(43)39-30-15-9-10-16-30/h3-8,11-14,17-22,24,30,33H,9-10,15-16,23,25-26H2,1-2H3,(H,39,43)/t33-/m0/s1. The molecule has 0 aromatic heterocycles. The largest absolute Gasteiger partial charge is 0.493 e. The van der Waals surface area contributed by atoms with Gasteiger partial charge < -0.3 is 19.7 Å². The number of halogens is 1. The van der Waals surface area contributed by atoms with Crippen molar-refractivity contribution in [1.29, 1.82) is 0 Å². The topological polar surface area (TPSA) is 105 Å². The van der Waals surface area contributed by atoms with Crippen LogP contribution in [-0.4, -0.2) is 58.0 Å². The summed E-state index contributed by atoms with van der Waals surface area (Å²) in [6.07, 6.45) is 4.08. The lowest BCUT2D eigenvalue weighted by Crippen LogP contribution is -2.54. The van der Waals surface area contributed by atoms with E-state index >= 15 is 0 Å². The van der Waals surface area contributed by atoms with Gasteiger partial charge in [-0.15, -0.1) is 0 Å². The molecule has 5 rings (SSSR count). The summed E-state index contributed by atoms with van der Waals surface area (Å²) in [6, 6.07) is 28.5. The molecular formula is C37H40ClN3O6S. The molecule has 48 heavy (non-hydrogen) atoms. The Morgan fingerprint density at radius 2 is 1.44 bits per heavy atom. The first-order valence-corrected chi connectivity index (χ1v) is 17.7. The molecule has 0 radical (unpaired) electrons. The summed E-state index contributed by atoms with van der Waals surface area (Å²) in [5, 5.41) is 3.59. The lowest BCUT2D eigenvalue weighted by atomic mass is 10.0. The Kier molecular flexibility index (Phi) is 11.6. The summed E-state index contributed by atoms with van der Waals surface area (Å²) in [4.78, 5) is 30.1. The van der Waals surface area contributed by atoms with E-state index in [9.17, 15) is 18.0 Å². The number of hydrogen-bond acceptors (Lipinski definition) is 6. The first-order chi connectivity index (χ1) is 23.2. The summed E-state index contributed by atoms with van der Waals surface area (Å²) < 4.78 is 40.5. The van der Waals surface area contributed by atoms with Crippen LogP contribution in [0.5, 0.6) is 11.5 Å². The van der Waals surface area contributed by atoms with Crippen molar-refractivity contribution in [2.45, 2.75) is 55.6 Å². The summed E-state index contributed by atoms with van der Waals surface area (Å²) in [5.41, 5.74) is 1.91. The summed E-state index contributed by atoms with van der Waals surface area (Å²) in [6.45, 7) is -0.479. The van der Waals surface area contributed by atoms with Crippen molar-refractivity contribution >= 4 is 39.1 Å². The minimum absolute atomic E-state index is 0.0282. The summed E-state index contributed by atoms with van der Waals surface area (Å²) >= 11 is 6.17. The average molecular weight is 690 g/mol. The maximum Gasteiger partial charge on any atom is 0.264 e. The molecular weight excluding hydrogens is 650 g/mol. The van der Waals surface area contributed by atoms with E-state index < -0.39 is 28.5 Å². The van der Waals surface area contributed by atoms with Gasteiger partial charge in [0, 0.05) is 30.1 Å². The van der Waals surface area contributed by atoms with Gasteiger partial charge in [-0.2, -0.15) is 0 Å². The van der Waals surface area contributed by atoms with Crippen LogP contribution in [0.25, 0.3) is 0 Å². The molecule has 1 atom stereocenters. The molecule has 4 aromatic carbocycles. The highest BCUT2D eigenvalue weighted by Gasteiger charge is 2.36. The van der Waals surface area contributed by atoms with Crippen LogP contribution < -0.4 is 19.1 Å². The third kappa shape index (κ3) is 8.48. The zero-order valence-electron chi connectivity index (χ0n) is 27.0. The Bertz CT molecular complexity index is 1780. The number of methoxy groups -OCH3 is 2. The van der Waals surface area contributed by atoms with Gasteiger partial charge in [0.1, 0.15) is 12.6 Å². The Morgan fingerprint density at radius 1 is 0.833 bits per heavy atom. The van der Waals surface area contributed by atoms with Gasteiger partial charge in [-0.1, -0.05) is 85.1 Å². The smallest absolute Gasteiger partial charge is 0.264 e. The summed E-state index contributed by atoms with van der Waals surface area (Å²) in [7, 11) is -1.47. The fourth-order valence-corrected chi connectivity index (χ4v) is 7.50. The molecule has 4 aromatic rings. The molecule has 0 unspecified atom stereocenters. The first kappa shape index (κ1) is 34.8. The predicted molar refractivity (Wildman–Crippen MR) is 187 cm³/mol. The van der Waals surface area contributed by atoms with E-state index in [1.54, 1.807) is 24.3 Å².